The van der Waals surface area contributed by atoms with Crippen molar-refractivity contribution in [3.8, 4) is 28.7 Å². The van der Waals surface area contributed by atoms with Crippen LogP contribution in [-0.2, 0) is 14.3 Å². The van der Waals surface area contributed by atoms with Gasteiger partial charge in [0.15, 0.2) is 28.7 Å². The first-order valence-electron chi connectivity index (χ1n) is 14.6. The lowest BCUT2D eigenvalue weighted by Gasteiger charge is -2.41. The van der Waals surface area contributed by atoms with Crippen molar-refractivity contribution >= 4 is 20.1 Å². The second-order valence-electron chi connectivity index (χ2n) is 13.2. The maximum atomic E-state index is 12.9. The molecule has 0 bridgehead atoms. The number of hydrogen-bond acceptors (Lipinski definition) is 9. The van der Waals surface area contributed by atoms with Crippen LogP contribution < -0.4 is 28.7 Å². The first kappa shape index (κ1) is 29.4. The highest BCUT2D eigenvalue weighted by Crippen LogP contribution is 2.56. The van der Waals surface area contributed by atoms with Crippen molar-refractivity contribution in [1.82, 2.24) is 10.2 Å². The van der Waals surface area contributed by atoms with Gasteiger partial charge in [-0.2, -0.15) is 0 Å². The molecule has 1 aliphatic carbocycles. The van der Waals surface area contributed by atoms with E-state index >= 15 is 0 Å². The third-order valence-electron chi connectivity index (χ3n) is 9.73. The Labute approximate surface area is 253 Å². The van der Waals surface area contributed by atoms with E-state index in [1.54, 1.807) is 14.2 Å². The van der Waals surface area contributed by atoms with E-state index in [-0.39, 0.29) is 53.1 Å². The van der Waals surface area contributed by atoms with Crippen LogP contribution in [0.4, 0.5) is 0 Å². The molecular weight excluding hydrogens is 568 g/mol. The van der Waals surface area contributed by atoms with E-state index in [1.165, 1.54) is 13.1 Å². The predicted molar refractivity (Wildman–Crippen MR) is 161 cm³/mol. The molecule has 1 saturated heterocycles. The van der Waals surface area contributed by atoms with Gasteiger partial charge in [0.05, 0.1) is 33.5 Å². The van der Waals surface area contributed by atoms with Crippen LogP contribution in [0.5, 0.6) is 28.7 Å². The fourth-order valence-electron chi connectivity index (χ4n) is 6.28. The first-order chi connectivity index (χ1) is 20.3. The summed E-state index contributed by atoms with van der Waals surface area (Å²) in [5.74, 6) is 2.42. The Morgan fingerprint density at radius 2 is 1.53 bits per heavy atom. The summed E-state index contributed by atoms with van der Waals surface area (Å²) in [6.07, 6.45) is 1.36. The van der Waals surface area contributed by atoms with E-state index in [1.807, 2.05) is 24.3 Å². The summed E-state index contributed by atoms with van der Waals surface area (Å²) in [6.45, 7) is 12.2. The number of rotatable bonds is 7. The largest absolute Gasteiger partial charge is 0.539 e. The molecule has 0 saturated carbocycles. The predicted octanol–water partition coefficient (Wildman–Crippen LogP) is 4.74. The monoisotopic (exact) mass is 608 g/mol. The smallest absolute Gasteiger partial charge is 0.276 e. The number of fused-ring (bicyclic) bond motifs is 3. The standard InChI is InChI=1S/C32H40N2O8Si/c1-32(2,3)43(7,8)42-30-25(37-5)9-17(10-26(30)38-6)28-18-11-23-24(41-16-40-23)12-19(18)29(21-15-39-14-20(21)28)33-22-13-27(35)34(4)31(22)36/h9-13,20-21,28-29,33H,14-16H2,1-8H3/t20-,21-,28+,29+/m1/s1. The van der Waals surface area contributed by atoms with Gasteiger partial charge in [-0.05, 0) is 59.1 Å². The van der Waals surface area contributed by atoms with Crippen molar-refractivity contribution in [3.05, 3.63) is 52.7 Å². The van der Waals surface area contributed by atoms with Gasteiger partial charge in [0, 0.05) is 30.9 Å². The molecule has 2 amide bonds. The second-order valence-corrected chi connectivity index (χ2v) is 17.9. The number of carbonyl (C=O) groups is 2. The van der Waals surface area contributed by atoms with E-state index in [4.69, 9.17) is 28.1 Å². The van der Waals surface area contributed by atoms with Crippen molar-refractivity contribution in [2.75, 3.05) is 41.3 Å². The van der Waals surface area contributed by atoms with Crippen LogP contribution in [0.1, 0.15) is 49.4 Å². The molecule has 11 heteroatoms. The average Bonchev–Trinajstić information content (AvgIpc) is 3.68. The van der Waals surface area contributed by atoms with Crippen LogP contribution in [0.15, 0.2) is 36.0 Å². The molecule has 2 aromatic carbocycles. The number of carbonyl (C=O) groups excluding carboxylic acids is 2. The van der Waals surface area contributed by atoms with Crippen LogP contribution in [0, 0.1) is 11.8 Å². The molecule has 6 rings (SSSR count). The molecule has 4 aliphatic rings. The van der Waals surface area contributed by atoms with Gasteiger partial charge in [-0.15, -0.1) is 0 Å². The van der Waals surface area contributed by atoms with Crippen LogP contribution >= 0.6 is 0 Å². The van der Waals surface area contributed by atoms with Gasteiger partial charge in [-0.25, -0.2) is 0 Å². The molecule has 0 radical (unpaired) electrons. The maximum absolute atomic E-state index is 12.9. The summed E-state index contributed by atoms with van der Waals surface area (Å²) < 4.78 is 36.3. The number of benzene rings is 2. The minimum Gasteiger partial charge on any atom is -0.539 e. The van der Waals surface area contributed by atoms with Gasteiger partial charge in [0.2, 0.25) is 6.79 Å². The molecule has 0 aromatic heterocycles. The quantitative estimate of drug-likeness (QED) is 0.353. The highest BCUT2D eigenvalue weighted by Gasteiger charge is 2.49. The van der Waals surface area contributed by atoms with Crippen LogP contribution in [-0.4, -0.2) is 66.3 Å². The SMILES string of the molecule is COc1cc([C@H]2c3cc4c(cc3[C@H](NC3=CC(=O)N(C)C3=O)[C@@H]3COC[C@@H]23)OCO4)cc(OC)c1O[Si](C)(C)C(C)(C)C. The lowest BCUT2D eigenvalue weighted by atomic mass is 9.65. The highest BCUT2D eigenvalue weighted by atomic mass is 28.4. The van der Waals surface area contributed by atoms with Crippen LogP contribution in [0.3, 0.4) is 0 Å². The Morgan fingerprint density at radius 1 is 0.930 bits per heavy atom. The van der Waals surface area contributed by atoms with E-state index in [0.717, 1.165) is 21.6 Å². The Hall–Kier alpha value is -3.70. The number of amides is 2. The van der Waals surface area contributed by atoms with E-state index < -0.39 is 8.32 Å². The number of nitrogens with zero attached hydrogens (tertiary/aromatic N) is 1. The zero-order valence-corrected chi connectivity index (χ0v) is 27.0. The van der Waals surface area contributed by atoms with Crippen LogP contribution in [0.2, 0.25) is 18.1 Å². The van der Waals surface area contributed by atoms with Gasteiger partial charge in [-0.3, -0.25) is 14.5 Å². The summed E-state index contributed by atoms with van der Waals surface area (Å²) >= 11 is 0. The number of hydrogen-bond donors (Lipinski definition) is 1. The number of methoxy groups -OCH3 is 2. The molecule has 230 valence electrons. The third kappa shape index (κ3) is 4.82. The van der Waals surface area contributed by atoms with Crippen molar-refractivity contribution in [1.29, 1.82) is 0 Å². The highest BCUT2D eigenvalue weighted by molar-refractivity contribution is 6.74. The maximum Gasteiger partial charge on any atom is 0.276 e. The Kier molecular flexibility index (Phi) is 7.16. The summed E-state index contributed by atoms with van der Waals surface area (Å²) in [5.41, 5.74) is 3.28. The number of imide groups is 1. The molecule has 0 unspecified atom stereocenters. The average molecular weight is 609 g/mol. The Bertz CT molecular complexity index is 1490. The van der Waals surface area contributed by atoms with Gasteiger partial charge < -0.3 is 33.4 Å². The van der Waals surface area contributed by atoms with E-state index in [0.29, 0.717) is 42.0 Å². The molecule has 1 fully saturated rings. The third-order valence-corrected chi connectivity index (χ3v) is 14.1. The lowest BCUT2D eigenvalue weighted by Crippen LogP contribution is -2.44. The molecule has 0 spiro atoms. The molecule has 4 atom stereocenters. The minimum absolute atomic E-state index is 0.00715. The zero-order valence-electron chi connectivity index (χ0n) is 26.0. The van der Waals surface area contributed by atoms with Crippen molar-refractivity contribution in [2.24, 2.45) is 11.8 Å². The number of likely N-dealkylation sites (N-methyl/N-ethyl adjacent to an activating group) is 1. The Morgan fingerprint density at radius 3 is 2.09 bits per heavy atom. The second kappa shape index (κ2) is 10.5. The number of nitrogens with one attached hydrogen (secondary N) is 1. The molecule has 1 N–H and O–H groups in total. The lowest BCUT2D eigenvalue weighted by molar-refractivity contribution is -0.135. The van der Waals surface area contributed by atoms with Gasteiger partial charge in [0.25, 0.3) is 20.1 Å². The van der Waals surface area contributed by atoms with Crippen molar-refractivity contribution in [2.45, 2.75) is 50.9 Å². The van der Waals surface area contributed by atoms with Crippen molar-refractivity contribution in [3.63, 3.8) is 0 Å². The molecule has 2 aromatic rings. The van der Waals surface area contributed by atoms with Gasteiger partial charge in [0.1, 0.15) is 5.70 Å². The first-order valence-corrected chi connectivity index (χ1v) is 17.5. The van der Waals surface area contributed by atoms with Crippen LogP contribution in [0.25, 0.3) is 0 Å². The Balaban J connectivity index is 1.48. The minimum atomic E-state index is -2.21. The summed E-state index contributed by atoms with van der Waals surface area (Å²) in [5, 5.41) is 3.41. The van der Waals surface area contributed by atoms with Crippen molar-refractivity contribution < 1.29 is 37.7 Å². The summed E-state index contributed by atoms with van der Waals surface area (Å²) in [7, 11) is 2.57. The molecule has 3 aliphatic heterocycles. The molecule has 43 heavy (non-hydrogen) atoms. The molecule has 10 nitrogen and oxygen atoms in total. The van der Waals surface area contributed by atoms with E-state index in [9.17, 15) is 9.59 Å². The van der Waals surface area contributed by atoms with E-state index in [2.05, 4.69) is 39.2 Å². The summed E-state index contributed by atoms with van der Waals surface area (Å²) in [4.78, 5) is 26.3. The normalized spacial score (nSPS) is 24.5. The summed E-state index contributed by atoms with van der Waals surface area (Å²) in [6, 6.07) is 7.83. The van der Waals surface area contributed by atoms with Gasteiger partial charge >= 0.3 is 0 Å². The zero-order chi connectivity index (χ0) is 30.8. The fourth-order valence-corrected chi connectivity index (χ4v) is 7.30. The van der Waals surface area contributed by atoms with Gasteiger partial charge in [-0.1, -0.05) is 20.8 Å². The number of ether oxygens (including phenoxy) is 5. The fraction of sp³-hybridized carbons (Fsp3) is 0.500. The molecule has 3 heterocycles. The topological polar surface area (TPSA) is 105 Å². The molecular formula is C32H40N2O8Si.